The third kappa shape index (κ3) is 2.62. The fourth-order valence-corrected chi connectivity index (χ4v) is 1.48. The van der Waals surface area contributed by atoms with Crippen molar-refractivity contribution in [3.8, 4) is 0 Å². The van der Waals surface area contributed by atoms with E-state index >= 15 is 0 Å². The summed E-state index contributed by atoms with van der Waals surface area (Å²) >= 11 is 0. The number of amides is 1. The van der Waals surface area contributed by atoms with E-state index in [2.05, 4.69) is 15.6 Å². The van der Waals surface area contributed by atoms with Crippen molar-refractivity contribution < 1.29 is 4.79 Å². The van der Waals surface area contributed by atoms with Gasteiger partial charge in [-0.25, -0.2) is 4.98 Å². The summed E-state index contributed by atoms with van der Waals surface area (Å²) in [5.41, 5.74) is 1.22. The molecule has 5 heteroatoms. The first-order chi connectivity index (χ1) is 8.20. The second-order valence-electron chi connectivity index (χ2n) is 3.99. The molecule has 1 amide bonds. The van der Waals surface area contributed by atoms with Gasteiger partial charge in [0.1, 0.15) is 11.3 Å². The minimum Gasteiger partial charge on any atom is -0.349 e. The molecule has 0 radical (unpaired) electrons. The van der Waals surface area contributed by atoms with Gasteiger partial charge in [0.25, 0.3) is 5.91 Å². The van der Waals surface area contributed by atoms with Gasteiger partial charge in [-0.2, -0.15) is 0 Å². The number of pyridine rings is 1. The molecule has 0 bridgehead atoms. The second kappa shape index (κ2) is 4.97. The molecule has 2 aromatic heterocycles. The second-order valence-corrected chi connectivity index (χ2v) is 3.99. The Bertz CT molecular complexity index is 487. The van der Waals surface area contributed by atoms with Crippen molar-refractivity contribution in [3.63, 3.8) is 0 Å². The standard InChI is InChI=1S/C12H16N4O/c1-9(13-2)7-14-12(17)10-8-16-6-4-3-5-11(16)15-10/h3-6,8-9,13H,7H2,1-2H3,(H,14,17). The molecule has 90 valence electrons. The van der Waals surface area contributed by atoms with Crippen molar-refractivity contribution in [1.29, 1.82) is 0 Å². The van der Waals surface area contributed by atoms with E-state index in [9.17, 15) is 4.79 Å². The summed E-state index contributed by atoms with van der Waals surface area (Å²) in [6, 6.07) is 5.91. The van der Waals surface area contributed by atoms with Crippen molar-refractivity contribution in [2.24, 2.45) is 0 Å². The maximum absolute atomic E-state index is 11.8. The van der Waals surface area contributed by atoms with Crippen LogP contribution < -0.4 is 10.6 Å². The molecule has 5 nitrogen and oxygen atoms in total. The van der Waals surface area contributed by atoms with Gasteiger partial charge in [0.2, 0.25) is 0 Å². The van der Waals surface area contributed by atoms with Crippen LogP contribution in [0.25, 0.3) is 5.65 Å². The van der Waals surface area contributed by atoms with Gasteiger partial charge in [-0.1, -0.05) is 6.07 Å². The third-order valence-corrected chi connectivity index (χ3v) is 2.66. The molecule has 1 atom stereocenters. The Morgan fingerprint density at radius 2 is 2.35 bits per heavy atom. The number of hydrogen-bond acceptors (Lipinski definition) is 3. The molecule has 17 heavy (non-hydrogen) atoms. The predicted octanol–water partition coefficient (Wildman–Crippen LogP) is 0.672. The van der Waals surface area contributed by atoms with E-state index < -0.39 is 0 Å². The number of carbonyl (C=O) groups excluding carboxylic acids is 1. The highest BCUT2D eigenvalue weighted by atomic mass is 16.1. The highest BCUT2D eigenvalue weighted by molar-refractivity contribution is 5.92. The summed E-state index contributed by atoms with van der Waals surface area (Å²) in [4.78, 5) is 16.1. The minimum atomic E-state index is -0.143. The lowest BCUT2D eigenvalue weighted by Crippen LogP contribution is -2.37. The molecular weight excluding hydrogens is 216 g/mol. The lowest BCUT2D eigenvalue weighted by molar-refractivity contribution is 0.0946. The maximum atomic E-state index is 11.8. The number of rotatable bonds is 4. The van der Waals surface area contributed by atoms with E-state index in [1.54, 1.807) is 6.20 Å². The Morgan fingerprint density at radius 1 is 1.53 bits per heavy atom. The van der Waals surface area contributed by atoms with Crippen LogP contribution in [0, 0.1) is 0 Å². The molecule has 0 saturated heterocycles. The largest absolute Gasteiger partial charge is 0.349 e. The molecule has 2 heterocycles. The predicted molar refractivity (Wildman–Crippen MR) is 66.0 cm³/mol. The summed E-state index contributed by atoms with van der Waals surface area (Å²) < 4.78 is 1.83. The van der Waals surface area contributed by atoms with Gasteiger partial charge in [-0.05, 0) is 26.1 Å². The van der Waals surface area contributed by atoms with Gasteiger partial charge in [0, 0.05) is 25.0 Å². The van der Waals surface area contributed by atoms with Crippen molar-refractivity contribution in [3.05, 3.63) is 36.3 Å². The zero-order valence-electron chi connectivity index (χ0n) is 9.97. The molecule has 0 aliphatic rings. The highest BCUT2D eigenvalue weighted by Gasteiger charge is 2.10. The molecule has 2 N–H and O–H groups in total. The van der Waals surface area contributed by atoms with Gasteiger partial charge in [-0.15, -0.1) is 0 Å². The van der Waals surface area contributed by atoms with E-state index in [-0.39, 0.29) is 11.9 Å². The van der Waals surface area contributed by atoms with Gasteiger partial charge in [-0.3, -0.25) is 4.79 Å². The van der Waals surface area contributed by atoms with Gasteiger partial charge in [0.05, 0.1) is 0 Å². The van der Waals surface area contributed by atoms with E-state index in [1.165, 1.54) is 0 Å². The van der Waals surface area contributed by atoms with E-state index in [4.69, 9.17) is 0 Å². The van der Waals surface area contributed by atoms with Crippen molar-refractivity contribution in [2.45, 2.75) is 13.0 Å². The molecule has 0 saturated carbocycles. The summed E-state index contributed by atoms with van der Waals surface area (Å²) in [7, 11) is 1.86. The van der Waals surface area contributed by atoms with Gasteiger partial charge in [0.15, 0.2) is 0 Å². The normalized spacial score (nSPS) is 12.6. The lowest BCUT2D eigenvalue weighted by Gasteiger charge is -2.09. The Morgan fingerprint density at radius 3 is 3.06 bits per heavy atom. The molecule has 0 aromatic carbocycles. The molecular formula is C12H16N4O. The van der Waals surface area contributed by atoms with Crippen LogP contribution in [0.15, 0.2) is 30.6 Å². The number of nitrogens with zero attached hydrogens (tertiary/aromatic N) is 2. The first kappa shape index (κ1) is 11.6. The number of nitrogens with one attached hydrogen (secondary N) is 2. The topological polar surface area (TPSA) is 58.4 Å². The molecule has 1 unspecified atom stereocenters. The van der Waals surface area contributed by atoms with Crippen LogP contribution in [-0.4, -0.2) is 34.9 Å². The van der Waals surface area contributed by atoms with E-state index in [0.717, 1.165) is 5.65 Å². The van der Waals surface area contributed by atoms with Crippen molar-refractivity contribution in [1.82, 2.24) is 20.0 Å². The monoisotopic (exact) mass is 232 g/mol. The van der Waals surface area contributed by atoms with E-state index in [0.29, 0.717) is 12.2 Å². The number of imidazole rings is 1. The van der Waals surface area contributed by atoms with Crippen LogP contribution in [-0.2, 0) is 0 Å². The fraction of sp³-hybridized carbons (Fsp3) is 0.333. The zero-order chi connectivity index (χ0) is 12.3. The average Bonchev–Trinajstić information content (AvgIpc) is 2.79. The van der Waals surface area contributed by atoms with Crippen LogP contribution in [0.2, 0.25) is 0 Å². The summed E-state index contributed by atoms with van der Waals surface area (Å²) in [6.45, 7) is 2.59. The summed E-state index contributed by atoms with van der Waals surface area (Å²) in [6.07, 6.45) is 3.60. The molecule has 2 aromatic rings. The molecule has 0 aliphatic carbocycles. The van der Waals surface area contributed by atoms with E-state index in [1.807, 2.05) is 42.8 Å². The zero-order valence-corrected chi connectivity index (χ0v) is 9.97. The van der Waals surface area contributed by atoms with Gasteiger partial charge < -0.3 is 15.0 Å². The minimum absolute atomic E-state index is 0.143. The van der Waals surface area contributed by atoms with Crippen molar-refractivity contribution in [2.75, 3.05) is 13.6 Å². The number of likely N-dealkylation sites (N-methyl/N-ethyl adjacent to an activating group) is 1. The highest BCUT2D eigenvalue weighted by Crippen LogP contribution is 2.04. The van der Waals surface area contributed by atoms with Crippen LogP contribution in [0.5, 0.6) is 0 Å². The Balaban J connectivity index is 2.08. The Kier molecular flexibility index (Phi) is 3.39. The quantitative estimate of drug-likeness (QED) is 0.814. The van der Waals surface area contributed by atoms with Gasteiger partial charge >= 0.3 is 0 Å². The van der Waals surface area contributed by atoms with Crippen LogP contribution in [0.1, 0.15) is 17.4 Å². The summed E-state index contributed by atoms with van der Waals surface area (Å²) in [5, 5.41) is 5.89. The smallest absolute Gasteiger partial charge is 0.271 e. The van der Waals surface area contributed by atoms with Crippen LogP contribution in [0.4, 0.5) is 0 Å². The number of hydrogen-bond donors (Lipinski definition) is 2. The van der Waals surface area contributed by atoms with Crippen LogP contribution >= 0.6 is 0 Å². The SMILES string of the molecule is CNC(C)CNC(=O)c1cn2ccccc2n1. The molecule has 0 aliphatic heterocycles. The Hall–Kier alpha value is -1.88. The number of aromatic nitrogens is 2. The Labute approximate surface area is 99.9 Å². The molecule has 0 fully saturated rings. The average molecular weight is 232 g/mol. The first-order valence-electron chi connectivity index (χ1n) is 5.60. The lowest BCUT2D eigenvalue weighted by atomic mass is 10.3. The third-order valence-electron chi connectivity index (χ3n) is 2.66. The number of fused-ring (bicyclic) bond motifs is 1. The maximum Gasteiger partial charge on any atom is 0.271 e. The number of carbonyl (C=O) groups is 1. The molecule has 2 rings (SSSR count). The first-order valence-corrected chi connectivity index (χ1v) is 5.60. The summed E-state index contributed by atoms with van der Waals surface area (Å²) in [5.74, 6) is -0.143. The molecule has 0 spiro atoms. The van der Waals surface area contributed by atoms with Crippen LogP contribution in [0.3, 0.4) is 0 Å². The van der Waals surface area contributed by atoms with Crippen molar-refractivity contribution >= 4 is 11.6 Å². The fourth-order valence-electron chi connectivity index (χ4n) is 1.48.